The van der Waals surface area contributed by atoms with E-state index in [0.29, 0.717) is 22.2 Å². The van der Waals surface area contributed by atoms with Crippen LogP contribution in [0.4, 0.5) is 5.69 Å². The average Bonchev–Trinajstić information content (AvgIpc) is 2.90. The minimum atomic E-state index is -0.821. The molecule has 1 amide bonds. The van der Waals surface area contributed by atoms with Crippen LogP contribution in [-0.4, -0.2) is 40.0 Å². The monoisotopic (exact) mass is 479 g/mol. The van der Waals surface area contributed by atoms with Crippen LogP contribution >= 0.6 is 0 Å². The minimum Gasteiger partial charge on any atom is -0.481 e. The van der Waals surface area contributed by atoms with Gasteiger partial charge in [0.2, 0.25) is 0 Å². The summed E-state index contributed by atoms with van der Waals surface area (Å²) in [6.07, 6.45) is 3.29. The number of hydrogen-bond acceptors (Lipinski definition) is 6. The molecule has 8 nitrogen and oxygen atoms in total. The Morgan fingerprint density at radius 2 is 1.69 bits per heavy atom. The summed E-state index contributed by atoms with van der Waals surface area (Å²) in [7, 11) is 1.88. The highest BCUT2D eigenvalue weighted by atomic mass is 16.4. The van der Waals surface area contributed by atoms with Gasteiger partial charge in [-0.1, -0.05) is 24.0 Å². The van der Waals surface area contributed by atoms with Gasteiger partial charge in [-0.05, 0) is 55.5 Å². The maximum atomic E-state index is 12.3. The first-order valence-corrected chi connectivity index (χ1v) is 11.3. The van der Waals surface area contributed by atoms with Gasteiger partial charge in [-0.25, -0.2) is 10.8 Å². The maximum Gasteiger partial charge on any atom is 0.305 e. The molecule has 36 heavy (non-hydrogen) atoms. The van der Waals surface area contributed by atoms with Crippen LogP contribution in [0.2, 0.25) is 0 Å². The van der Waals surface area contributed by atoms with Gasteiger partial charge in [0.1, 0.15) is 0 Å². The molecule has 2 aromatic heterocycles. The van der Waals surface area contributed by atoms with E-state index in [-0.39, 0.29) is 12.5 Å². The molecule has 4 rings (SSSR count). The van der Waals surface area contributed by atoms with Crippen molar-refractivity contribution in [3.8, 4) is 23.1 Å². The first-order valence-electron chi connectivity index (χ1n) is 11.3. The normalized spacial score (nSPS) is 11.3. The smallest absolute Gasteiger partial charge is 0.305 e. The molecule has 4 aromatic rings. The molecular weight excluding hydrogens is 454 g/mol. The Labute approximate surface area is 208 Å². The quantitative estimate of drug-likeness (QED) is 0.167. The number of aliphatic carboxylic acids is 1. The maximum absolute atomic E-state index is 12.3. The van der Waals surface area contributed by atoms with Crippen LogP contribution in [0.5, 0.6) is 0 Å². The van der Waals surface area contributed by atoms with Crippen LogP contribution in [0, 0.1) is 11.8 Å². The summed E-state index contributed by atoms with van der Waals surface area (Å²) in [5.74, 6) is 10.4. The number of amides is 1. The van der Waals surface area contributed by atoms with Crippen molar-refractivity contribution >= 4 is 28.5 Å². The highest BCUT2D eigenvalue weighted by Crippen LogP contribution is 2.25. The van der Waals surface area contributed by atoms with Crippen molar-refractivity contribution < 1.29 is 14.7 Å². The third-order valence-corrected chi connectivity index (χ3v) is 5.92. The van der Waals surface area contributed by atoms with Crippen molar-refractivity contribution in [1.29, 1.82) is 0 Å². The first-order chi connectivity index (χ1) is 17.4. The zero-order chi connectivity index (χ0) is 25.7. The van der Waals surface area contributed by atoms with E-state index in [1.165, 1.54) is 0 Å². The Kier molecular flexibility index (Phi) is 7.23. The van der Waals surface area contributed by atoms with Gasteiger partial charge >= 0.3 is 5.97 Å². The molecule has 0 aliphatic carbocycles. The predicted octanol–water partition coefficient (Wildman–Crippen LogP) is 3.60. The van der Waals surface area contributed by atoms with Gasteiger partial charge in [0.05, 0.1) is 23.2 Å². The molecule has 1 atom stereocenters. The van der Waals surface area contributed by atoms with Crippen LogP contribution < -0.4 is 16.2 Å². The Morgan fingerprint density at radius 1 is 1.06 bits per heavy atom. The van der Waals surface area contributed by atoms with E-state index in [9.17, 15) is 9.59 Å². The van der Waals surface area contributed by atoms with Crippen molar-refractivity contribution in [2.24, 2.45) is 5.84 Å². The summed E-state index contributed by atoms with van der Waals surface area (Å²) in [6.45, 7) is 1.88. The SMILES string of the molecule is CC(CC(=O)O)N(C)c1ccc(C#Cc2ccc(-c3cc(C(=O)NN)c4cnccc4n3)cc2)cc1. The first kappa shape index (κ1) is 24.4. The van der Waals surface area contributed by atoms with Crippen molar-refractivity contribution in [2.75, 3.05) is 11.9 Å². The lowest BCUT2D eigenvalue weighted by atomic mass is 10.0. The molecule has 0 spiro atoms. The lowest BCUT2D eigenvalue weighted by Crippen LogP contribution is -2.30. The largest absolute Gasteiger partial charge is 0.481 e. The van der Waals surface area contributed by atoms with Gasteiger partial charge in [0, 0.05) is 53.2 Å². The summed E-state index contributed by atoms with van der Waals surface area (Å²) in [5.41, 5.74) is 7.33. The summed E-state index contributed by atoms with van der Waals surface area (Å²) < 4.78 is 0. The van der Waals surface area contributed by atoms with Crippen molar-refractivity contribution in [2.45, 2.75) is 19.4 Å². The van der Waals surface area contributed by atoms with Crippen molar-refractivity contribution in [3.63, 3.8) is 0 Å². The van der Waals surface area contributed by atoms with Crippen LogP contribution in [0.3, 0.4) is 0 Å². The van der Waals surface area contributed by atoms with Gasteiger partial charge in [-0.3, -0.25) is 20.0 Å². The van der Waals surface area contributed by atoms with Gasteiger partial charge in [-0.2, -0.15) is 0 Å². The average molecular weight is 480 g/mol. The number of carbonyl (C=O) groups is 2. The second-order valence-electron chi connectivity index (χ2n) is 8.35. The second kappa shape index (κ2) is 10.7. The van der Waals surface area contributed by atoms with E-state index in [2.05, 4.69) is 27.2 Å². The van der Waals surface area contributed by atoms with Crippen LogP contribution in [0.1, 0.15) is 34.8 Å². The summed E-state index contributed by atoms with van der Waals surface area (Å²) in [4.78, 5) is 33.9. The van der Waals surface area contributed by atoms with E-state index in [4.69, 9.17) is 10.9 Å². The Balaban J connectivity index is 1.53. The summed E-state index contributed by atoms with van der Waals surface area (Å²) in [6, 6.07) is 18.6. The molecule has 0 radical (unpaired) electrons. The van der Waals surface area contributed by atoms with Gasteiger partial charge < -0.3 is 10.0 Å². The topological polar surface area (TPSA) is 121 Å². The fraction of sp³-hybridized carbons (Fsp3) is 0.143. The molecule has 2 aromatic carbocycles. The number of benzene rings is 2. The van der Waals surface area contributed by atoms with E-state index >= 15 is 0 Å². The van der Waals surface area contributed by atoms with Gasteiger partial charge in [-0.15, -0.1) is 0 Å². The van der Waals surface area contributed by atoms with E-state index in [1.807, 2.05) is 67.4 Å². The third-order valence-electron chi connectivity index (χ3n) is 5.92. The fourth-order valence-corrected chi connectivity index (χ4v) is 3.77. The summed E-state index contributed by atoms with van der Waals surface area (Å²) >= 11 is 0. The molecule has 0 aliphatic rings. The molecule has 0 fully saturated rings. The molecule has 1 unspecified atom stereocenters. The lowest BCUT2D eigenvalue weighted by molar-refractivity contribution is -0.137. The van der Waals surface area contributed by atoms with E-state index < -0.39 is 11.9 Å². The number of pyridine rings is 2. The Morgan fingerprint density at radius 3 is 2.31 bits per heavy atom. The number of carboxylic acid groups (broad SMARTS) is 1. The highest BCUT2D eigenvalue weighted by Gasteiger charge is 2.14. The number of anilines is 1. The van der Waals surface area contributed by atoms with Crippen LogP contribution in [0.15, 0.2) is 73.1 Å². The molecule has 0 bridgehead atoms. The molecule has 0 saturated carbocycles. The number of hydrogen-bond donors (Lipinski definition) is 3. The zero-order valence-corrected chi connectivity index (χ0v) is 19.9. The number of nitrogens with zero attached hydrogens (tertiary/aromatic N) is 3. The van der Waals surface area contributed by atoms with Crippen LogP contribution in [-0.2, 0) is 4.79 Å². The summed E-state index contributed by atoms with van der Waals surface area (Å²) in [5, 5.41) is 9.62. The molecule has 180 valence electrons. The number of nitrogens with one attached hydrogen (secondary N) is 1. The second-order valence-corrected chi connectivity index (χ2v) is 8.35. The number of nitrogen functional groups attached to an aromatic ring is 1. The Bertz CT molecular complexity index is 1470. The number of rotatable bonds is 6. The Hall–Kier alpha value is -4.74. The van der Waals surface area contributed by atoms with E-state index in [0.717, 1.165) is 22.4 Å². The number of aromatic nitrogens is 2. The zero-order valence-electron chi connectivity index (χ0n) is 19.9. The van der Waals surface area contributed by atoms with Crippen molar-refractivity contribution in [1.82, 2.24) is 15.4 Å². The fourth-order valence-electron chi connectivity index (χ4n) is 3.77. The number of fused-ring (bicyclic) bond motifs is 1. The molecular formula is C28H25N5O3. The van der Waals surface area contributed by atoms with Crippen LogP contribution in [0.25, 0.3) is 22.2 Å². The molecule has 8 heteroatoms. The highest BCUT2D eigenvalue weighted by molar-refractivity contribution is 6.06. The number of carbonyl (C=O) groups excluding carboxylic acids is 1. The third kappa shape index (κ3) is 5.49. The lowest BCUT2D eigenvalue weighted by Gasteiger charge is -2.25. The number of carboxylic acids is 1. The number of hydrazine groups is 1. The van der Waals surface area contributed by atoms with Gasteiger partial charge in [0.25, 0.3) is 5.91 Å². The van der Waals surface area contributed by atoms with Crippen molar-refractivity contribution in [3.05, 3.63) is 89.7 Å². The van der Waals surface area contributed by atoms with Gasteiger partial charge in [0.15, 0.2) is 0 Å². The minimum absolute atomic E-state index is 0.0709. The molecule has 0 aliphatic heterocycles. The standard InChI is InChI=1S/C28H25N5O3/c1-18(15-27(34)35)33(2)22-11-7-20(8-12-22)4-3-19-5-9-21(10-6-19)26-16-23(28(36)32-29)24-17-30-14-13-25(24)31-26/h5-14,16-18H,15,29H2,1-2H3,(H,32,36)(H,34,35). The predicted molar refractivity (Wildman–Crippen MR) is 139 cm³/mol. The van der Waals surface area contributed by atoms with E-state index in [1.54, 1.807) is 24.5 Å². The molecule has 4 N–H and O–H groups in total. The number of nitrogens with two attached hydrogens (primary N) is 1. The molecule has 0 saturated heterocycles. The molecule has 2 heterocycles.